The number of hydrogen-bond donors (Lipinski definition) is 1. The molecule has 0 bridgehead atoms. The fourth-order valence-corrected chi connectivity index (χ4v) is 2.99. The Balaban J connectivity index is 1.77. The maximum atomic E-state index is 12.5. The highest BCUT2D eigenvalue weighted by Gasteiger charge is 2.35. The number of rotatable bonds is 6. The Morgan fingerprint density at radius 3 is 2.54 bits per heavy atom. The van der Waals surface area contributed by atoms with Gasteiger partial charge in [0, 0.05) is 12.1 Å². The van der Waals surface area contributed by atoms with E-state index in [2.05, 4.69) is 5.32 Å². The molecule has 6 nitrogen and oxygen atoms in total. The van der Waals surface area contributed by atoms with Gasteiger partial charge in [-0.15, -0.1) is 0 Å². The van der Waals surface area contributed by atoms with E-state index in [0.717, 1.165) is 18.6 Å². The molecule has 2 aromatic rings. The van der Waals surface area contributed by atoms with E-state index in [-0.39, 0.29) is 23.8 Å². The first-order valence-corrected chi connectivity index (χ1v) is 8.79. The van der Waals surface area contributed by atoms with Crippen LogP contribution in [-0.4, -0.2) is 29.2 Å². The van der Waals surface area contributed by atoms with E-state index < -0.39 is 0 Å². The summed E-state index contributed by atoms with van der Waals surface area (Å²) in [6.07, 6.45) is 1.66. The van der Waals surface area contributed by atoms with Crippen LogP contribution in [-0.2, 0) is 0 Å². The summed E-state index contributed by atoms with van der Waals surface area (Å²) in [7, 11) is 0. The molecule has 0 radical (unpaired) electrons. The first-order valence-electron chi connectivity index (χ1n) is 8.79. The second kappa shape index (κ2) is 7.15. The van der Waals surface area contributed by atoms with E-state index in [1.54, 1.807) is 12.1 Å². The van der Waals surface area contributed by atoms with Crippen molar-refractivity contribution in [1.82, 2.24) is 10.2 Å². The number of carbonyl (C=O) groups excluding carboxylic acids is 3. The van der Waals surface area contributed by atoms with Crippen LogP contribution in [0.2, 0.25) is 0 Å². The van der Waals surface area contributed by atoms with Crippen LogP contribution in [0.25, 0.3) is 0 Å². The van der Waals surface area contributed by atoms with E-state index in [4.69, 9.17) is 4.42 Å². The van der Waals surface area contributed by atoms with Crippen LogP contribution in [0, 0.1) is 6.92 Å². The largest absolute Gasteiger partial charge is 0.464 e. The molecule has 1 N–H and O–H groups in total. The molecule has 1 aromatic heterocycles. The Bertz CT molecular complexity index is 868. The van der Waals surface area contributed by atoms with Crippen molar-refractivity contribution in [2.75, 3.05) is 6.54 Å². The smallest absolute Gasteiger partial charge is 0.261 e. The summed E-state index contributed by atoms with van der Waals surface area (Å²) in [5, 5.41) is 2.85. The molecule has 0 aliphatic carbocycles. The Hall–Kier alpha value is -2.89. The van der Waals surface area contributed by atoms with Crippen LogP contribution >= 0.6 is 0 Å². The van der Waals surface area contributed by atoms with Crippen LogP contribution in [0.4, 0.5) is 0 Å². The van der Waals surface area contributed by atoms with E-state index in [1.807, 2.05) is 32.9 Å². The van der Waals surface area contributed by atoms with Crippen LogP contribution < -0.4 is 5.32 Å². The molecule has 0 saturated carbocycles. The standard InChI is InChI=1S/C20H22N2O4/c1-4-5-10-22-19(24)15-8-7-14(11-16(15)20(22)25)18(23)21-13(3)17-9-6-12(2)26-17/h6-9,11,13H,4-5,10H2,1-3H3,(H,21,23). The highest BCUT2D eigenvalue weighted by atomic mass is 16.3. The minimum absolute atomic E-state index is 0.287. The summed E-state index contributed by atoms with van der Waals surface area (Å²) in [6.45, 7) is 6.07. The summed E-state index contributed by atoms with van der Waals surface area (Å²) in [5.74, 6) is 0.498. The van der Waals surface area contributed by atoms with Gasteiger partial charge in [0.15, 0.2) is 0 Å². The van der Waals surface area contributed by atoms with Gasteiger partial charge in [-0.3, -0.25) is 19.3 Å². The molecule has 3 amide bonds. The van der Waals surface area contributed by atoms with E-state index in [0.29, 0.717) is 29.0 Å². The second-order valence-electron chi connectivity index (χ2n) is 6.52. The molecule has 1 atom stereocenters. The lowest BCUT2D eigenvalue weighted by Gasteiger charge is -2.12. The minimum Gasteiger partial charge on any atom is -0.464 e. The van der Waals surface area contributed by atoms with E-state index in [1.165, 1.54) is 11.0 Å². The second-order valence-corrected chi connectivity index (χ2v) is 6.52. The highest BCUT2D eigenvalue weighted by Crippen LogP contribution is 2.25. The number of fused-ring (bicyclic) bond motifs is 1. The van der Waals surface area contributed by atoms with E-state index in [9.17, 15) is 14.4 Å². The molecular formula is C20H22N2O4. The number of aryl methyl sites for hydroxylation is 1. The lowest BCUT2D eigenvalue weighted by molar-refractivity contribution is 0.0652. The molecule has 1 aliphatic rings. The van der Waals surface area contributed by atoms with Gasteiger partial charge in [-0.1, -0.05) is 13.3 Å². The number of amides is 3. The fraction of sp³-hybridized carbons (Fsp3) is 0.350. The monoisotopic (exact) mass is 354 g/mol. The molecule has 3 rings (SSSR count). The Morgan fingerprint density at radius 2 is 1.88 bits per heavy atom. The van der Waals surface area contributed by atoms with Crippen LogP contribution in [0.5, 0.6) is 0 Å². The zero-order valence-corrected chi connectivity index (χ0v) is 15.2. The van der Waals surface area contributed by atoms with Crippen molar-refractivity contribution < 1.29 is 18.8 Å². The molecule has 1 aliphatic heterocycles. The third-order valence-electron chi connectivity index (χ3n) is 4.50. The van der Waals surface area contributed by atoms with Gasteiger partial charge in [0.1, 0.15) is 11.5 Å². The molecule has 2 heterocycles. The zero-order chi connectivity index (χ0) is 18.8. The Labute approximate surface area is 152 Å². The van der Waals surface area contributed by atoms with Crippen molar-refractivity contribution in [3.05, 3.63) is 58.5 Å². The van der Waals surface area contributed by atoms with Crippen molar-refractivity contribution in [3.8, 4) is 0 Å². The SMILES string of the molecule is CCCCN1C(=O)c2ccc(C(=O)NC(C)c3ccc(C)o3)cc2C1=O. The van der Waals surface area contributed by atoms with Gasteiger partial charge >= 0.3 is 0 Å². The number of carbonyl (C=O) groups is 3. The lowest BCUT2D eigenvalue weighted by atomic mass is 10.0. The van der Waals surface area contributed by atoms with Crippen molar-refractivity contribution in [2.24, 2.45) is 0 Å². The zero-order valence-electron chi connectivity index (χ0n) is 15.2. The Morgan fingerprint density at radius 1 is 1.15 bits per heavy atom. The van der Waals surface area contributed by atoms with Gasteiger partial charge in [0.05, 0.1) is 17.2 Å². The number of imide groups is 1. The molecule has 0 saturated heterocycles. The minimum atomic E-state index is -0.331. The summed E-state index contributed by atoms with van der Waals surface area (Å²) in [4.78, 5) is 38.6. The number of hydrogen-bond acceptors (Lipinski definition) is 4. The summed E-state index contributed by atoms with van der Waals surface area (Å²) in [6, 6.07) is 7.97. The third kappa shape index (κ3) is 3.27. The predicted molar refractivity (Wildman–Crippen MR) is 96.0 cm³/mol. The van der Waals surface area contributed by atoms with Gasteiger partial charge in [-0.25, -0.2) is 0 Å². The molecule has 1 unspecified atom stereocenters. The summed E-state index contributed by atoms with van der Waals surface area (Å²) in [5.41, 5.74) is 0.995. The molecule has 1 aromatic carbocycles. The first kappa shape index (κ1) is 17.9. The van der Waals surface area contributed by atoms with Crippen LogP contribution in [0.3, 0.4) is 0 Å². The number of benzene rings is 1. The molecule has 0 spiro atoms. The maximum absolute atomic E-state index is 12.5. The first-order chi connectivity index (χ1) is 12.4. The summed E-state index contributed by atoms with van der Waals surface area (Å²) >= 11 is 0. The molecular weight excluding hydrogens is 332 g/mol. The average Bonchev–Trinajstić information content (AvgIpc) is 3.16. The topological polar surface area (TPSA) is 79.6 Å². The maximum Gasteiger partial charge on any atom is 0.261 e. The van der Waals surface area contributed by atoms with Crippen molar-refractivity contribution >= 4 is 17.7 Å². The van der Waals surface area contributed by atoms with Crippen molar-refractivity contribution in [1.29, 1.82) is 0 Å². The predicted octanol–water partition coefficient (Wildman–Crippen LogP) is 3.48. The van der Waals surface area contributed by atoms with Crippen molar-refractivity contribution in [3.63, 3.8) is 0 Å². The molecule has 0 fully saturated rings. The van der Waals surface area contributed by atoms with Gasteiger partial charge in [0.2, 0.25) is 0 Å². The number of furan rings is 1. The van der Waals surface area contributed by atoms with Gasteiger partial charge in [-0.05, 0) is 50.6 Å². The highest BCUT2D eigenvalue weighted by molar-refractivity contribution is 6.22. The quantitative estimate of drug-likeness (QED) is 0.806. The van der Waals surface area contributed by atoms with Crippen LogP contribution in [0.15, 0.2) is 34.7 Å². The van der Waals surface area contributed by atoms with Crippen LogP contribution in [0.1, 0.15) is 75.3 Å². The molecule has 136 valence electrons. The molecule has 26 heavy (non-hydrogen) atoms. The lowest BCUT2D eigenvalue weighted by Crippen LogP contribution is -2.30. The third-order valence-corrected chi connectivity index (χ3v) is 4.50. The fourth-order valence-electron chi connectivity index (χ4n) is 2.99. The van der Waals surface area contributed by atoms with Gasteiger partial charge in [0.25, 0.3) is 17.7 Å². The van der Waals surface area contributed by atoms with Crippen molar-refractivity contribution in [2.45, 2.75) is 39.7 Å². The number of nitrogens with one attached hydrogen (secondary N) is 1. The normalized spacial score (nSPS) is 14.5. The number of nitrogens with zero attached hydrogens (tertiary/aromatic N) is 1. The molecule has 6 heteroatoms. The summed E-state index contributed by atoms with van der Waals surface area (Å²) < 4.78 is 5.52. The van der Waals surface area contributed by atoms with E-state index >= 15 is 0 Å². The van der Waals surface area contributed by atoms with Gasteiger partial charge in [-0.2, -0.15) is 0 Å². The van der Waals surface area contributed by atoms with Gasteiger partial charge < -0.3 is 9.73 Å². The average molecular weight is 354 g/mol. The number of unbranched alkanes of at least 4 members (excludes halogenated alkanes) is 1. The Kier molecular flexibility index (Phi) is 4.93.